The topological polar surface area (TPSA) is 50.4 Å². The van der Waals surface area contributed by atoms with Crippen molar-refractivity contribution in [2.45, 2.75) is 25.9 Å². The van der Waals surface area contributed by atoms with Gasteiger partial charge in [-0.1, -0.05) is 0 Å². The van der Waals surface area contributed by atoms with Crippen LogP contribution in [-0.4, -0.2) is 25.8 Å². The number of nitrogens with zero attached hydrogens (tertiary/aromatic N) is 3. The van der Waals surface area contributed by atoms with Crippen LogP contribution in [0.25, 0.3) is 5.65 Å². The molecule has 14 heavy (non-hydrogen) atoms. The van der Waals surface area contributed by atoms with Gasteiger partial charge in [-0.2, -0.15) is 5.10 Å². The minimum Gasteiger partial charge on any atom is -0.393 e. The predicted molar refractivity (Wildman–Crippen MR) is 53.0 cm³/mol. The van der Waals surface area contributed by atoms with Crippen LogP contribution in [0.1, 0.15) is 19.0 Å². The van der Waals surface area contributed by atoms with Crippen LogP contribution in [0.5, 0.6) is 0 Å². The molecule has 2 aromatic heterocycles. The summed E-state index contributed by atoms with van der Waals surface area (Å²) in [6.45, 7) is 1.79. The highest BCUT2D eigenvalue weighted by Gasteiger charge is 2.03. The number of fused-ring (bicyclic) bond motifs is 1. The lowest BCUT2D eigenvalue weighted by atomic mass is 10.2. The van der Waals surface area contributed by atoms with Crippen molar-refractivity contribution in [3.8, 4) is 0 Å². The smallest absolute Gasteiger partial charge is 0.155 e. The molecule has 0 aliphatic carbocycles. The van der Waals surface area contributed by atoms with Gasteiger partial charge in [-0.25, -0.2) is 9.50 Å². The van der Waals surface area contributed by atoms with Gasteiger partial charge in [0.2, 0.25) is 0 Å². The summed E-state index contributed by atoms with van der Waals surface area (Å²) in [4.78, 5) is 4.17. The quantitative estimate of drug-likeness (QED) is 0.788. The van der Waals surface area contributed by atoms with Gasteiger partial charge >= 0.3 is 0 Å². The Morgan fingerprint density at radius 3 is 3.14 bits per heavy atom. The van der Waals surface area contributed by atoms with Gasteiger partial charge in [0.1, 0.15) is 0 Å². The maximum atomic E-state index is 9.14. The fraction of sp³-hybridized carbons (Fsp3) is 0.400. The van der Waals surface area contributed by atoms with Gasteiger partial charge in [-0.3, -0.25) is 0 Å². The van der Waals surface area contributed by atoms with E-state index < -0.39 is 0 Å². The van der Waals surface area contributed by atoms with E-state index >= 15 is 0 Å². The largest absolute Gasteiger partial charge is 0.393 e. The lowest BCUT2D eigenvalue weighted by Gasteiger charge is -1.99. The molecule has 2 rings (SSSR count). The summed E-state index contributed by atoms with van der Waals surface area (Å²) in [6, 6.07) is 3.79. The highest BCUT2D eigenvalue weighted by molar-refractivity contribution is 5.38. The van der Waals surface area contributed by atoms with E-state index in [1.54, 1.807) is 17.6 Å². The van der Waals surface area contributed by atoms with Crippen LogP contribution < -0.4 is 0 Å². The highest BCUT2D eigenvalue weighted by atomic mass is 16.3. The molecule has 0 saturated carbocycles. The van der Waals surface area contributed by atoms with Gasteiger partial charge < -0.3 is 5.11 Å². The average Bonchev–Trinajstić information content (AvgIpc) is 2.57. The number of aromatic nitrogens is 3. The van der Waals surface area contributed by atoms with E-state index in [1.165, 1.54) is 0 Å². The molecule has 1 unspecified atom stereocenters. The van der Waals surface area contributed by atoms with Gasteiger partial charge in [0.05, 0.1) is 11.8 Å². The third kappa shape index (κ3) is 1.90. The Morgan fingerprint density at radius 1 is 1.57 bits per heavy atom. The van der Waals surface area contributed by atoms with E-state index in [0.717, 1.165) is 24.2 Å². The zero-order valence-corrected chi connectivity index (χ0v) is 8.09. The van der Waals surface area contributed by atoms with Crippen LogP contribution in [0, 0.1) is 0 Å². The Labute approximate surface area is 82.2 Å². The summed E-state index contributed by atoms with van der Waals surface area (Å²) < 4.78 is 1.75. The fourth-order valence-corrected chi connectivity index (χ4v) is 1.36. The fourth-order valence-electron chi connectivity index (χ4n) is 1.36. The van der Waals surface area contributed by atoms with Crippen molar-refractivity contribution >= 4 is 5.65 Å². The molecule has 4 heteroatoms. The molecule has 0 radical (unpaired) electrons. The minimum absolute atomic E-state index is 0.271. The molecule has 0 amide bonds. The maximum Gasteiger partial charge on any atom is 0.155 e. The van der Waals surface area contributed by atoms with Crippen LogP contribution in [0.15, 0.2) is 24.5 Å². The monoisotopic (exact) mass is 191 g/mol. The van der Waals surface area contributed by atoms with Crippen LogP contribution in [-0.2, 0) is 6.42 Å². The molecule has 74 valence electrons. The second-order valence-corrected chi connectivity index (χ2v) is 3.45. The second-order valence-electron chi connectivity index (χ2n) is 3.45. The Morgan fingerprint density at radius 2 is 2.43 bits per heavy atom. The van der Waals surface area contributed by atoms with Crippen LogP contribution in [0.2, 0.25) is 0 Å². The highest BCUT2D eigenvalue weighted by Crippen LogP contribution is 2.06. The van der Waals surface area contributed by atoms with Crippen molar-refractivity contribution in [3.63, 3.8) is 0 Å². The van der Waals surface area contributed by atoms with Crippen molar-refractivity contribution in [1.29, 1.82) is 0 Å². The normalized spacial score (nSPS) is 13.3. The summed E-state index contributed by atoms with van der Waals surface area (Å²) >= 11 is 0. The van der Waals surface area contributed by atoms with Gasteiger partial charge in [-0.15, -0.1) is 0 Å². The van der Waals surface area contributed by atoms with E-state index in [0.29, 0.717) is 0 Å². The second kappa shape index (κ2) is 3.75. The summed E-state index contributed by atoms with van der Waals surface area (Å²) in [5, 5.41) is 13.5. The van der Waals surface area contributed by atoms with E-state index in [2.05, 4.69) is 10.1 Å². The van der Waals surface area contributed by atoms with E-state index in [1.807, 2.05) is 18.3 Å². The van der Waals surface area contributed by atoms with Gasteiger partial charge in [0.15, 0.2) is 5.65 Å². The van der Waals surface area contributed by atoms with Gasteiger partial charge in [-0.05, 0) is 25.8 Å². The molecular weight excluding hydrogens is 178 g/mol. The molecular formula is C10H13N3O. The first-order valence-corrected chi connectivity index (χ1v) is 4.73. The van der Waals surface area contributed by atoms with Crippen LogP contribution in [0.4, 0.5) is 0 Å². The Balaban J connectivity index is 2.19. The van der Waals surface area contributed by atoms with Crippen molar-refractivity contribution in [2.75, 3.05) is 0 Å². The molecule has 1 atom stereocenters. The summed E-state index contributed by atoms with van der Waals surface area (Å²) in [7, 11) is 0. The lowest BCUT2D eigenvalue weighted by molar-refractivity contribution is 0.184. The average molecular weight is 191 g/mol. The molecule has 2 aromatic rings. The Kier molecular flexibility index (Phi) is 2.45. The van der Waals surface area contributed by atoms with Crippen molar-refractivity contribution in [1.82, 2.24) is 14.6 Å². The predicted octanol–water partition coefficient (Wildman–Crippen LogP) is 1.04. The Bertz CT molecular complexity index is 389. The summed E-state index contributed by atoms with van der Waals surface area (Å²) in [5.74, 6) is 0. The van der Waals surface area contributed by atoms with Gasteiger partial charge in [0, 0.05) is 18.5 Å². The third-order valence-electron chi connectivity index (χ3n) is 2.11. The van der Waals surface area contributed by atoms with Crippen LogP contribution >= 0.6 is 0 Å². The maximum absolute atomic E-state index is 9.14. The molecule has 0 aliphatic rings. The summed E-state index contributed by atoms with van der Waals surface area (Å²) in [5.41, 5.74) is 1.83. The first-order valence-electron chi connectivity index (χ1n) is 4.73. The van der Waals surface area contributed by atoms with E-state index in [-0.39, 0.29) is 6.10 Å². The zero-order valence-electron chi connectivity index (χ0n) is 8.09. The van der Waals surface area contributed by atoms with Crippen LogP contribution in [0.3, 0.4) is 0 Å². The van der Waals surface area contributed by atoms with Crippen molar-refractivity contribution < 1.29 is 5.11 Å². The SMILES string of the molecule is CC(O)CCc1cc2ncccn2n1. The number of hydrogen-bond donors (Lipinski definition) is 1. The zero-order chi connectivity index (χ0) is 9.97. The Hall–Kier alpha value is -1.42. The molecule has 0 aromatic carbocycles. The first kappa shape index (κ1) is 9.15. The van der Waals surface area contributed by atoms with E-state index in [4.69, 9.17) is 5.11 Å². The molecule has 0 saturated heterocycles. The molecule has 0 aliphatic heterocycles. The molecule has 1 N–H and O–H groups in total. The third-order valence-corrected chi connectivity index (χ3v) is 2.11. The molecule has 4 nitrogen and oxygen atoms in total. The van der Waals surface area contributed by atoms with Crippen molar-refractivity contribution in [3.05, 3.63) is 30.2 Å². The molecule has 0 bridgehead atoms. The lowest BCUT2D eigenvalue weighted by Crippen LogP contribution is -2.01. The molecule has 0 fully saturated rings. The molecule has 0 spiro atoms. The molecule has 2 heterocycles. The van der Waals surface area contributed by atoms with E-state index in [9.17, 15) is 0 Å². The summed E-state index contributed by atoms with van der Waals surface area (Å²) in [6.07, 6.45) is 4.88. The van der Waals surface area contributed by atoms with Gasteiger partial charge in [0.25, 0.3) is 0 Å². The number of hydrogen-bond acceptors (Lipinski definition) is 3. The first-order chi connectivity index (χ1) is 6.75. The number of rotatable bonds is 3. The minimum atomic E-state index is -0.271. The number of aliphatic hydroxyl groups excluding tert-OH is 1. The van der Waals surface area contributed by atoms with Crippen molar-refractivity contribution in [2.24, 2.45) is 0 Å². The number of aliphatic hydroxyl groups is 1. The standard InChI is InChI=1S/C10H13N3O/c1-8(14)3-4-9-7-10-11-5-2-6-13(10)12-9/h2,5-8,14H,3-4H2,1H3. The number of aryl methyl sites for hydroxylation is 1.